The van der Waals surface area contributed by atoms with Gasteiger partial charge in [0.15, 0.2) is 0 Å². The summed E-state index contributed by atoms with van der Waals surface area (Å²) < 4.78 is 7.31. The van der Waals surface area contributed by atoms with Crippen LogP contribution in [0.1, 0.15) is 49.4 Å². The van der Waals surface area contributed by atoms with Crippen LogP contribution in [0.15, 0.2) is 10.5 Å². The van der Waals surface area contributed by atoms with E-state index in [1.807, 2.05) is 0 Å². The zero-order chi connectivity index (χ0) is 13.3. The molecule has 0 fully saturated rings. The maximum Gasteiger partial charge on any atom is 0.125 e. The van der Waals surface area contributed by atoms with Gasteiger partial charge in [0, 0.05) is 10.0 Å². The summed E-state index contributed by atoms with van der Waals surface area (Å²) in [6.45, 7) is 9.72. The fourth-order valence-electron chi connectivity index (χ4n) is 2.69. The van der Waals surface area contributed by atoms with Gasteiger partial charge >= 0.3 is 0 Å². The molecule has 0 spiro atoms. The molecule has 2 nitrogen and oxygen atoms in total. The van der Waals surface area contributed by atoms with Gasteiger partial charge in [0.25, 0.3) is 0 Å². The van der Waals surface area contributed by atoms with E-state index in [1.54, 1.807) is 0 Å². The molecule has 1 aliphatic rings. The van der Waals surface area contributed by atoms with Crippen LogP contribution in [0.3, 0.4) is 0 Å². The summed E-state index contributed by atoms with van der Waals surface area (Å²) in [6.07, 6.45) is 2.44. The molecule has 1 heterocycles. The Kier molecular flexibility index (Phi) is 4.33. The number of ether oxygens (including phenoxy) is 1. The van der Waals surface area contributed by atoms with E-state index in [-0.39, 0.29) is 6.10 Å². The summed E-state index contributed by atoms with van der Waals surface area (Å²) >= 11 is 3.69. The molecule has 0 aromatic heterocycles. The van der Waals surface area contributed by atoms with Crippen LogP contribution in [0.5, 0.6) is 5.75 Å². The molecule has 18 heavy (non-hydrogen) atoms. The fourth-order valence-corrected chi connectivity index (χ4v) is 3.02. The van der Waals surface area contributed by atoms with Gasteiger partial charge in [-0.25, -0.2) is 0 Å². The van der Waals surface area contributed by atoms with Crippen molar-refractivity contribution in [3.63, 3.8) is 0 Å². The average molecular weight is 312 g/mol. The molecule has 1 aromatic rings. The van der Waals surface area contributed by atoms with Gasteiger partial charge in [-0.05, 0) is 50.4 Å². The van der Waals surface area contributed by atoms with Crippen LogP contribution in [-0.4, -0.2) is 12.6 Å². The van der Waals surface area contributed by atoms with Crippen molar-refractivity contribution in [1.82, 2.24) is 5.32 Å². The van der Waals surface area contributed by atoms with Crippen LogP contribution < -0.4 is 10.1 Å². The molecule has 2 unspecified atom stereocenters. The highest BCUT2D eigenvalue weighted by Gasteiger charge is 2.35. The monoisotopic (exact) mass is 311 g/mol. The lowest BCUT2D eigenvalue weighted by molar-refractivity contribution is 0.185. The van der Waals surface area contributed by atoms with Gasteiger partial charge in [-0.3, -0.25) is 0 Å². The average Bonchev–Trinajstić information content (AvgIpc) is 2.71. The van der Waals surface area contributed by atoms with Gasteiger partial charge in [0.05, 0.1) is 6.04 Å². The van der Waals surface area contributed by atoms with E-state index in [2.05, 4.69) is 55.0 Å². The second-order valence-electron chi connectivity index (χ2n) is 5.04. The van der Waals surface area contributed by atoms with Crippen LogP contribution in [0.4, 0.5) is 0 Å². The molecule has 0 saturated carbocycles. The number of fused-ring (bicyclic) bond motifs is 1. The van der Waals surface area contributed by atoms with Crippen LogP contribution in [0, 0.1) is 13.8 Å². The zero-order valence-electron chi connectivity index (χ0n) is 11.6. The van der Waals surface area contributed by atoms with E-state index >= 15 is 0 Å². The van der Waals surface area contributed by atoms with E-state index < -0.39 is 0 Å². The van der Waals surface area contributed by atoms with Gasteiger partial charge in [-0.15, -0.1) is 0 Å². The van der Waals surface area contributed by atoms with Crippen molar-refractivity contribution >= 4 is 15.9 Å². The smallest absolute Gasteiger partial charge is 0.125 e. The molecular formula is C15H22BrNO. The van der Waals surface area contributed by atoms with Gasteiger partial charge in [0.2, 0.25) is 0 Å². The number of hydrogen-bond acceptors (Lipinski definition) is 2. The first kappa shape index (κ1) is 13.9. The normalized spacial score (nSPS) is 21.8. The summed E-state index contributed by atoms with van der Waals surface area (Å²) in [6, 6.07) is 2.49. The van der Waals surface area contributed by atoms with Crippen LogP contribution in [-0.2, 0) is 0 Å². The molecule has 0 amide bonds. The zero-order valence-corrected chi connectivity index (χ0v) is 13.2. The molecule has 0 aliphatic carbocycles. The lowest BCUT2D eigenvalue weighted by Crippen LogP contribution is -2.31. The minimum atomic E-state index is 0.263. The number of aryl methyl sites for hydroxylation is 1. The molecule has 1 aromatic carbocycles. The summed E-state index contributed by atoms with van der Waals surface area (Å²) in [5.74, 6) is 1.06. The highest BCUT2D eigenvalue weighted by molar-refractivity contribution is 9.10. The lowest BCUT2D eigenvalue weighted by atomic mass is 9.96. The van der Waals surface area contributed by atoms with Gasteiger partial charge in [0.1, 0.15) is 11.9 Å². The third kappa shape index (κ3) is 2.30. The van der Waals surface area contributed by atoms with Gasteiger partial charge < -0.3 is 10.1 Å². The van der Waals surface area contributed by atoms with Crippen molar-refractivity contribution < 1.29 is 4.74 Å². The third-order valence-corrected chi connectivity index (χ3v) is 4.89. The number of hydrogen-bond donors (Lipinski definition) is 1. The molecular weight excluding hydrogens is 290 g/mol. The van der Waals surface area contributed by atoms with Crippen molar-refractivity contribution in [2.24, 2.45) is 0 Å². The van der Waals surface area contributed by atoms with E-state index in [0.717, 1.165) is 25.1 Å². The Morgan fingerprint density at radius 1 is 1.33 bits per heavy atom. The Balaban J connectivity index is 2.41. The quantitative estimate of drug-likeness (QED) is 0.896. The Labute approximate surface area is 118 Å². The fraction of sp³-hybridized carbons (Fsp3) is 0.600. The second kappa shape index (κ2) is 5.62. The first-order valence-corrected chi connectivity index (χ1v) is 7.59. The predicted molar refractivity (Wildman–Crippen MR) is 79.4 cm³/mol. The topological polar surface area (TPSA) is 21.3 Å². The molecule has 100 valence electrons. The minimum absolute atomic E-state index is 0.263. The van der Waals surface area contributed by atoms with E-state index in [0.29, 0.717) is 6.04 Å². The largest absolute Gasteiger partial charge is 0.488 e. The molecule has 3 heteroatoms. The number of rotatable bonds is 4. The SMILES string of the molecule is CCCNC1c2c(cc(C)c(Br)c2C)OC1CC. The summed E-state index contributed by atoms with van der Waals surface area (Å²) in [5.41, 5.74) is 3.90. The molecule has 0 radical (unpaired) electrons. The summed E-state index contributed by atoms with van der Waals surface area (Å²) in [5, 5.41) is 3.63. The Hall–Kier alpha value is -0.540. The number of nitrogens with one attached hydrogen (secondary N) is 1. The number of benzene rings is 1. The Bertz CT molecular complexity index is 445. The minimum Gasteiger partial charge on any atom is -0.488 e. The van der Waals surface area contributed by atoms with E-state index in [1.165, 1.54) is 21.2 Å². The second-order valence-corrected chi connectivity index (χ2v) is 5.83. The van der Waals surface area contributed by atoms with Crippen molar-refractivity contribution in [3.8, 4) is 5.75 Å². The predicted octanol–water partition coefficient (Wildman–Crippen LogP) is 4.28. The third-order valence-electron chi connectivity index (χ3n) is 3.67. The highest BCUT2D eigenvalue weighted by Crippen LogP contribution is 2.43. The van der Waals surface area contributed by atoms with Crippen molar-refractivity contribution in [1.29, 1.82) is 0 Å². The van der Waals surface area contributed by atoms with Crippen molar-refractivity contribution in [2.45, 2.75) is 52.7 Å². The highest BCUT2D eigenvalue weighted by atomic mass is 79.9. The van der Waals surface area contributed by atoms with Crippen LogP contribution >= 0.6 is 15.9 Å². The summed E-state index contributed by atoms with van der Waals surface area (Å²) in [7, 11) is 0. The summed E-state index contributed by atoms with van der Waals surface area (Å²) in [4.78, 5) is 0. The van der Waals surface area contributed by atoms with E-state index in [9.17, 15) is 0 Å². The molecule has 0 bridgehead atoms. The van der Waals surface area contributed by atoms with Gasteiger partial charge in [-0.1, -0.05) is 29.8 Å². The molecule has 2 atom stereocenters. The first-order valence-electron chi connectivity index (χ1n) is 6.79. The van der Waals surface area contributed by atoms with Crippen LogP contribution in [0.25, 0.3) is 0 Å². The molecule has 1 aliphatic heterocycles. The maximum atomic E-state index is 6.10. The van der Waals surface area contributed by atoms with Crippen molar-refractivity contribution in [2.75, 3.05) is 6.54 Å². The molecule has 0 saturated heterocycles. The molecule has 2 rings (SSSR count). The van der Waals surface area contributed by atoms with Gasteiger partial charge in [-0.2, -0.15) is 0 Å². The standard InChI is InChI=1S/C15H22BrNO/c1-5-7-17-15-11(6-2)18-12-8-9(3)14(16)10(4)13(12)15/h8,11,15,17H,5-7H2,1-4H3. The number of halogens is 1. The van der Waals surface area contributed by atoms with Crippen LogP contribution in [0.2, 0.25) is 0 Å². The Morgan fingerprint density at radius 2 is 2.06 bits per heavy atom. The van der Waals surface area contributed by atoms with E-state index in [4.69, 9.17) is 4.74 Å². The van der Waals surface area contributed by atoms with Crippen molar-refractivity contribution in [3.05, 3.63) is 27.2 Å². The lowest BCUT2D eigenvalue weighted by Gasteiger charge is -2.20. The Morgan fingerprint density at radius 3 is 2.67 bits per heavy atom. The maximum absolute atomic E-state index is 6.10. The first-order chi connectivity index (χ1) is 8.60. The molecule has 1 N–H and O–H groups in total.